The van der Waals surface area contributed by atoms with Crippen LogP contribution in [0.3, 0.4) is 0 Å². The average molecular weight is 380 g/mol. The molecule has 0 saturated carbocycles. The first-order chi connectivity index (χ1) is 14.3. The molecular formula is C25H20N2O2. The fourth-order valence-corrected chi connectivity index (χ4v) is 3.11. The van der Waals surface area contributed by atoms with Gasteiger partial charge in [0.2, 0.25) is 0 Å². The van der Waals surface area contributed by atoms with E-state index < -0.39 is 0 Å². The van der Waals surface area contributed by atoms with Gasteiger partial charge >= 0.3 is 0 Å². The summed E-state index contributed by atoms with van der Waals surface area (Å²) in [5, 5.41) is 0. The highest BCUT2D eigenvalue weighted by Gasteiger charge is 2.15. The Morgan fingerprint density at radius 3 is 2.10 bits per heavy atom. The van der Waals surface area contributed by atoms with E-state index in [1.54, 1.807) is 12.4 Å². The molecule has 1 heterocycles. The lowest BCUT2D eigenvalue weighted by molar-refractivity contribution is 0.0988. The number of nitrogens with zero attached hydrogens (tertiary/aromatic N) is 2. The summed E-state index contributed by atoms with van der Waals surface area (Å²) in [6.07, 6.45) is 5.31. The number of carbonyl (C=O) groups excluding carboxylic acids is 1. The van der Waals surface area contributed by atoms with Crippen LogP contribution in [0.15, 0.2) is 97.6 Å². The molecule has 3 aromatic carbocycles. The van der Waals surface area contributed by atoms with Crippen LogP contribution in [0.25, 0.3) is 11.1 Å². The smallest absolute Gasteiger partial charge is 0.170 e. The number of rotatable bonds is 7. The lowest BCUT2D eigenvalue weighted by Gasteiger charge is -2.13. The van der Waals surface area contributed by atoms with Gasteiger partial charge in [-0.25, -0.2) is 9.97 Å². The Balaban J connectivity index is 1.64. The van der Waals surface area contributed by atoms with Gasteiger partial charge < -0.3 is 4.74 Å². The van der Waals surface area contributed by atoms with Crippen molar-refractivity contribution in [2.45, 2.75) is 13.0 Å². The highest BCUT2D eigenvalue weighted by atomic mass is 16.5. The summed E-state index contributed by atoms with van der Waals surface area (Å²) in [4.78, 5) is 21.1. The zero-order valence-corrected chi connectivity index (χ0v) is 15.9. The number of Topliss-reactive ketones (excluding diaryl/α,β-unsaturated/α-hetero) is 1. The van der Waals surface area contributed by atoms with Gasteiger partial charge in [0.1, 0.15) is 18.7 Å². The predicted octanol–water partition coefficient (Wildman–Crippen LogP) is 5.15. The SMILES string of the molecule is O=C(Cc1ccccc1)c1ccc(-c2cncnc2)cc1OCc1ccccc1. The number of hydrogen-bond donors (Lipinski definition) is 0. The van der Waals surface area contributed by atoms with Crippen LogP contribution in [0.1, 0.15) is 21.5 Å². The third-order valence-corrected chi connectivity index (χ3v) is 4.62. The number of carbonyl (C=O) groups is 1. The first kappa shape index (κ1) is 18.6. The molecule has 4 aromatic rings. The van der Waals surface area contributed by atoms with Crippen LogP contribution in [-0.2, 0) is 13.0 Å². The fourth-order valence-electron chi connectivity index (χ4n) is 3.11. The number of ether oxygens (including phenoxy) is 1. The quantitative estimate of drug-likeness (QED) is 0.416. The Bertz CT molecular complexity index is 1080. The zero-order chi connectivity index (χ0) is 19.9. The molecule has 0 fully saturated rings. The molecule has 0 aliphatic rings. The van der Waals surface area contributed by atoms with Crippen LogP contribution in [0.4, 0.5) is 0 Å². The number of aromatic nitrogens is 2. The van der Waals surface area contributed by atoms with Gasteiger partial charge in [-0.15, -0.1) is 0 Å². The van der Waals surface area contributed by atoms with E-state index in [9.17, 15) is 4.79 Å². The van der Waals surface area contributed by atoms with Crippen molar-refractivity contribution < 1.29 is 9.53 Å². The standard InChI is InChI=1S/C25H20N2O2/c28-24(13-19-7-3-1-4-8-19)23-12-11-21(22-15-26-18-27-16-22)14-25(23)29-17-20-9-5-2-6-10-20/h1-12,14-16,18H,13,17H2. The van der Waals surface area contributed by atoms with Crippen molar-refractivity contribution in [2.75, 3.05) is 0 Å². The second kappa shape index (κ2) is 8.93. The molecule has 0 aliphatic carbocycles. The topological polar surface area (TPSA) is 52.1 Å². The molecule has 29 heavy (non-hydrogen) atoms. The van der Waals surface area contributed by atoms with Crippen molar-refractivity contribution in [3.63, 3.8) is 0 Å². The van der Waals surface area contributed by atoms with Gasteiger partial charge in [0.15, 0.2) is 5.78 Å². The van der Waals surface area contributed by atoms with Crippen molar-refractivity contribution in [1.29, 1.82) is 0 Å². The molecule has 0 amide bonds. The summed E-state index contributed by atoms with van der Waals surface area (Å²) < 4.78 is 6.08. The molecule has 4 nitrogen and oxygen atoms in total. The van der Waals surface area contributed by atoms with Crippen molar-refractivity contribution in [3.8, 4) is 16.9 Å². The Morgan fingerprint density at radius 1 is 0.759 bits per heavy atom. The first-order valence-electron chi connectivity index (χ1n) is 9.43. The summed E-state index contributed by atoms with van der Waals surface area (Å²) in [5.74, 6) is 0.589. The van der Waals surface area contributed by atoms with Gasteiger partial charge in [-0.2, -0.15) is 0 Å². The van der Waals surface area contributed by atoms with Gasteiger partial charge in [-0.1, -0.05) is 66.7 Å². The molecule has 0 radical (unpaired) electrons. The molecule has 4 heteroatoms. The summed E-state index contributed by atoms with van der Waals surface area (Å²) >= 11 is 0. The lowest BCUT2D eigenvalue weighted by atomic mass is 9.99. The van der Waals surface area contributed by atoms with E-state index in [1.807, 2.05) is 78.9 Å². The van der Waals surface area contributed by atoms with Crippen LogP contribution in [0.2, 0.25) is 0 Å². The molecule has 0 N–H and O–H groups in total. The molecular weight excluding hydrogens is 360 g/mol. The normalized spacial score (nSPS) is 10.5. The second-order valence-corrected chi connectivity index (χ2v) is 6.70. The molecule has 0 spiro atoms. The van der Waals surface area contributed by atoms with Gasteiger partial charge in [-0.05, 0) is 28.8 Å². The van der Waals surface area contributed by atoms with Crippen LogP contribution in [0, 0.1) is 0 Å². The number of hydrogen-bond acceptors (Lipinski definition) is 4. The van der Waals surface area contributed by atoms with E-state index in [-0.39, 0.29) is 5.78 Å². The first-order valence-corrected chi connectivity index (χ1v) is 9.43. The van der Waals surface area contributed by atoms with Crippen molar-refractivity contribution in [3.05, 3.63) is 114 Å². The summed E-state index contributed by atoms with van der Waals surface area (Å²) in [6.45, 7) is 0.390. The molecule has 4 rings (SSSR count). The summed E-state index contributed by atoms with van der Waals surface area (Å²) in [6, 6.07) is 25.3. The third-order valence-electron chi connectivity index (χ3n) is 4.62. The van der Waals surface area contributed by atoms with Gasteiger partial charge in [0.05, 0.1) is 5.56 Å². The molecule has 0 saturated heterocycles. The summed E-state index contributed by atoms with van der Waals surface area (Å²) in [7, 11) is 0. The average Bonchev–Trinajstić information content (AvgIpc) is 2.79. The molecule has 0 aliphatic heterocycles. The molecule has 1 aromatic heterocycles. The largest absolute Gasteiger partial charge is 0.488 e. The zero-order valence-electron chi connectivity index (χ0n) is 15.9. The van der Waals surface area contributed by atoms with Crippen LogP contribution < -0.4 is 4.74 Å². The minimum Gasteiger partial charge on any atom is -0.488 e. The van der Waals surface area contributed by atoms with E-state index in [1.165, 1.54) is 6.33 Å². The van der Waals surface area contributed by atoms with E-state index in [2.05, 4.69) is 9.97 Å². The highest BCUT2D eigenvalue weighted by Crippen LogP contribution is 2.28. The maximum Gasteiger partial charge on any atom is 0.170 e. The highest BCUT2D eigenvalue weighted by molar-refractivity contribution is 6.00. The van der Waals surface area contributed by atoms with Crippen molar-refractivity contribution in [1.82, 2.24) is 9.97 Å². The van der Waals surface area contributed by atoms with E-state index >= 15 is 0 Å². The van der Waals surface area contributed by atoms with Crippen LogP contribution >= 0.6 is 0 Å². The minimum absolute atomic E-state index is 0.0233. The number of ketones is 1. The second-order valence-electron chi connectivity index (χ2n) is 6.70. The van der Waals surface area contributed by atoms with E-state index in [4.69, 9.17) is 4.74 Å². The minimum atomic E-state index is 0.0233. The van der Waals surface area contributed by atoms with Gasteiger partial charge in [0.25, 0.3) is 0 Å². The Kier molecular flexibility index (Phi) is 5.72. The number of benzene rings is 3. The Hall–Kier alpha value is -3.79. The summed E-state index contributed by atoms with van der Waals surface area (Å²) in [5.41, 5.74) is 4.38. The van der Waals surface area contributed by atoms with E-state index in [0.29, 0.717) is 24.3 Å². The van der Waals surface area contributed by atoms with Crippen LogP contribution in [0.5, 0.6) is 5.75 Å². The van der Waals surface area contributed by atoms with Crippen molar-refractivity contribution >= 4 is 5.78 Å². The van der Waals surface area contributed by atoms with Gasteiger partial charge in [0, 0.05) is 24.4 Å². The van der Waals surface area contributed by atoms with E-state index in [0.717, 1.165) is 22.3 Å². The molecule has 0 bridgehead atoms. The maximum absolute atomic E-state index is 13.0. The van der Waals surface area contributed by atoms with Crippen LogP contribution in [-0.4, -0.2) is 15.8 Å². The van der Waals surface area contributed by atoms with Crippen molar-refractivity contribution in [2.24, 2.45) is 0 Å². The maximum atomic E-state index is 13.0. The Morgan fingerprint density at radius 2 is 1.41 bits per heavy atom. The Labute approximate surface area is 169 Å². The van der Waals surface area contributed by atoms with Gasteiger partial charge in [-0.3, -0.25) is 4.79 Å². The fraction of sp³-hybridized carbons (Fsp3) is 0.0800. The molecule has 0 unspecified atom stereocenters. The lowest BCUT2D eigenvalue weighted by Crippen LogP contribution is -2.07. The molecule has 0 atom stereocenters. The third kappa shape index (κ3) is 4.74. The predicted molar refractivity (Wildman–Crippen MR) is 113 cm³/mol. The molecule has 142 valence electrons. The monoisotopic (exact) mass is 380 g/mol.